The maximum Gasteiger partial charge on any atom is 0.0528 e. The molecule has 0 saturated heterocycles. The minimum absolute atomic E-state index is 0.437. The first-order valence-electron chi connectivity index (χ1n) is 3.40. The lowest BCUT2D eigenvalue weighted by Gasteiger charge is -1.89. The van der Waals surface area contributed by atoms with Gasteiger partial charge < -0.3 is 4.98 Å². The summed E-state index contributed by atoms with van der Waals surface area (Å²) in [4.78, 5) is 5.83. The lowest BCUT2D eigenvalue weighted by Crippen LogP contribution is -1.79. The van der Waals surface area contributed by atoms with Crippen molar-refractivity contribution in [3.8, 4) is 0 Å². The number of hydrogen-bond donors (Lipinski definition) is 1. The van der Waals surface area contributed by atoms with E-state index in [0.29, 0.717) is 6.54 Å². The molecule has 58 valence electrons. The average molecular weight is 150 g/mol. The van der Waals surface area contributed by atoms with Crippen LogP contribution in [0.5, 0.6) is 0 Å². The van der Waals surface area contributed by atoms with Crippen LogP contribution in [0.1, 0.15) is 17.0 Å². The van der Waals surface area contributed by atoms with Gasteiger partial charge in [0.15, 0.2) is 0 Å². The Morgan fingerprint density at radius 2 is 2.36 bits per heavy atom. The Kier molecular flexibility index (Phi) is 2.18. The van der Waals surface area contributed by atoms with Gasteiger partial charge in [-0.15, -0.1) is 0 Å². The van der Waals surface area contributed by atoms with Gasteiger partial charge in [-0.25, -0.2) is 0 Å². The molecule has 0 saturated carbocycles. The first-order valence-corrected chi connectivity index (χ1v) is 3.40. The van der Waals surface area contributed by atoms with Crippen LogP contribution in [0.15, 0.2) is 11.2 Å². The highest BCUT2D eigenvalue weighted by molar-refractivity contribution is 5.23. The number of aryl methyl sites for hydroxylation is 2. The summed E-state index contributed by atoms with van der Waals surface area (Å²) in [6.07, 6.45) is 0. The van der Waals surface area contributed by atoms with Gasteiger partial charge in [0.25, 0.3) is 0 Å². The summed E-state index contributed by atoms with van der Waals surface area (Å²) in [5.41, 5.74) is 11.3. The van der Waals surface area contributed by atoms with Crippen molar-refractivity contribution >= 4 is 0 Å². The van der Waals surface area contributed by atoms with E-state index in [1.165, 1.54) is 0 Å². The van der Waals surface area contributed by atoms with Gasteiger partial charge in [-0.1, -0.05) is 5.11 Å². The minimum Gasteiger partial charge on any atom is -0.362 e. The smallest absolute Gasteiger partial charge is 0.0528 e. The molecular formula is C7H10N4. The van der Waals surface area contributed by atoms with Crippen LogP contribution in [0.25, 0.3) is 10.4 Å². The second-order valence-electron chi connectivity index (χ2n) is 2.49. The van der Waals surface area contributed by atoms with Gasteiger partial charge in [-0.05, 0) is 31.0 Å². The molecule has 0 aliphatic rings. The molecule has 0 bridgehead atoms. The predicted octanol–water partition coefficient (Wildman–Crippen LogP) is 2.44. The van der Waals surface area contributed by atoms with Crippen molar-refractivity contribution in [1.82, 2.24) is 4.98 Å². The highest BCUT2D eigenvalue weighted by Gasteiger charge is 1.98. The number of aromatic nitrogens is 1. The van der Waals surface area contributed by atoms with Crippen LogP contribution in [0.4, 0.5) is 0 Å². The number of nitrogens with zero attached hydrogens (tertiary/aromatic N) is 3. The van der Waals surface area contributed by atoms with Gasteiger partial charge in [-0.2, -0.15) is 0 Å². The third kappa shape index (κ3) is 1.75. The molecule has 4 heteroatoms. The predicted molar refractivity (Wildman–Crippen MR) is 43.1 cm³/mol. The lowest BCUT2D eigenvalue weighted by molar-refractivity contribution is 1.02. The number of hydrogen-bond acceptors (Lipinski definition) is 1. The Bertz CT molecular complexity index is 293. The first kappa shape index (κ1) is 7.69. The van der Waals surface area contributed by atoms with Crippen LogP contribution in [-0.2, 0) is 6.54 Å². The summed E-state index contributed by atoms with van der Waals surface area (Å²) >= 11 is 0. The summed E-state index contributed by atoms with van der Waals surface area (Å²) in [7, 11) is 0. The third-order valence-corrected chi connectivity index (χ3v) is 1.56. The molecule has 0 radical (unpaired) electrons. The fraction of sp³-hybridized carbons (Fsp3) is 0.429. The van der Waals surface area contributed by atoms with Crippen molar-refractivity contribution in [3.63, 3.8) is 0 Å². The van der Waals surface area contributed by atoms with E-state index in [9.17, 15) is 0 Å². The molecule has 0 amide bonds. The van der Waals surface area contributed by atoms with Crippen molar-refractivity contribution < 1.29 is 0 Å². The standard InChI is InChI=1S/C7H10N4/c1-5-3-7(4-9-11-8)6(2)10-5/h3,10H,4H2,1-2H3. The molecule has 0 spiro atoms. The van der Waals surface area contributed by atoms with E-state index in [4.69, 9.17) is 5.53 Å². The van der Waals surface area contributed by atoms with Crippen LogP contribution >= 0.6 is 0 Å². The van der Waals surface area contributed by atoms with Gasteiger partial charge in [0, 0.05) is 16.3 Å². The van der Waals surface area contributed by atoms with E-state index < -0.39 is 0 Å². The monoisotopic (exact) mass is 150 g/mol. The molecule has 1 rings (SSSR count). The van der Waals surface area contributed by atoms with Crippen molar-refractivity contribution in [3.05, 3.63) is 33.5 Å². The zero-order chi connectivity index (χ0) is 8.27. The van der Waals surface area contributed by atoms with Crippen molar-refractivity contribution in [2.75, 3.05) is 0 Å². The molecule has 4 nitrogen and oxygen atoms in total. The molecule has 0 atom stereocenters. The number of aromatic amines is 1. The highest BCUT2D eigenvalue weighted by Crippen LogP contribution is 2.09. The fourth-order valence-electron chi connectivity index (χ4n) is 1.05. The average Bonchev–Trinajstić information content (AvgIpc) is 2.26. The van der Waals surface area contributed by atoms with Crippen LogP contribution < -0.4 is 0 Å². The van der Waals surface area contributed by atoms with Crippen LogP contribution in [0, 0.1) is 13.8 Å². The molecule has 0 unspecified atom stereocenters. The number of H-pyrrole nitrogens is 1. The van der Waals surface area contributed by atoms with E-state index in [1.54, 1.807) is 0 Å². The Balaban J connectivity index is 2.85. The third-order valence-electron chi connectivity index (χ3n) is 1.56. The van der Waals surface area contributed by atoms with Crippen molar-refractivity contribution in [2.24, 2.45) is 5.11 Å². The van der Waals surface area contributed by atoms with Crippen molar-refractivity contribution in [1.29, 1.82) is 0 Å². The first-order chi connectivity index (χ1) is 5.24. The van der Waals surface area contributed by atoms with Crippen LogP contribution in [-0.4, -0.2) is 4.98 Å². The molecule has 1 aromatic heterocycles. The summed E-state index contributed by atoms with van der Waals surface area (Å²) < 4.78 is 0. The maximum atomic E-state index is 8.07. The summed E-state index contributed by atoms with van der Waals surface area (Å²) in [6.45, 7) is 4.38. The van der Waals surface area contributed by atoms with Crippen LogP contribution in [0.3, 0.4) is 0 Å². The summed E-state index contributed by atoms with van der Waals surface area (Å²) in [5.74, 6) is 0. The normalized spacial score (nSPS) is 9.27. The maximum absolute atomic E-state index is 8.07. The topological polar surface area (TPSA) is 64.6 Å². The molecule has 0 aromatic carbocycles. The second-order valence-corrected chi connectivity index (χ2v) is 2.49. The molecule has 11 heavy (non-hydrogen) atoms. The number of rotatable bonds is 2. The summed E-state index contributed by atoms with van der Waals surface area (Å²) in [5, 5.41) is 3.48. The van der Waals surface area contributed by atoms with E-state index >= 15 is 0 Å². The molecule has 0 aliphatic heterocycles. The molecular weight excluding hydrogens is 140 g/mol. The number of azide groups is 1. The van der Waals surface area contributed by atoms with Gasteiger partial charge in [-0.3, -0.25) is 0 Å². The zero-order valence-corrected chi connectivity index (χ0v) is 6.63. The van der Waals surface area contributed by atoms with Gasteiger partial charge >= 0.3 is 0 Å². The zero-order valence-electron chi connectivity index (χ0n) is 6.63. The van der Waals surface area contributed by atoms with Crippen molar-refractivity contribution in [2.45, 2.75) is 20.4 Å². The Hall–Kier alpha value is -1.41. The molecule has 0 fully saturated rings. The fourth-order valence-corrected chi connectivity index (χ4v) is 1.05. The Labute approximate surface area is 64.9 Å². The van der Waals surface area contributed by atoms with Gasteiger partial charge in [0.2, 0.25) is 0 Å². The van der Waals surface area contributed by atoms with E-state index in [-0.39, 0.29) is 0 Å². The minimum atomic E-state index is 0.437. The highest BCUT2D eigenvalue weighted by atomic mass is 15.1. The largest absolute Gasteiger partial charge is 0.362 e. The quantitative estimate of drug-likeness (QED) is 0.382. The van der Waals surface area contributed by atoms with Gasteiger partial charge in [0.05, 0.1) is 6.54 Å². The summed E-state index contributed by atoms with van der Waals surface area (Å²) in [6, 6.07) is 1.99. The van der Waals surface area contributed by atoms with E-state index in [2.05, 4.69) is 15.0 Å². The SMILES string of the molecule is Cc1cc(CN=[N+]=[N-])c(C)[nH]1. The van der Waals surface area contributed by atoms with Crippen LogP contribution in [0.2, 0.25) is 0 Å². The molecule has 1 aromatic rings. The lowest BCUT2D eigenvalue weighted by atomic mass is 10.2. The second kappa shape index (κ2) is 3.12. The van der Waals surface area contributed by atoms with Gasteiger partial charge in [0.1, 0.15) is 0 Å². The molecule has 0 aliphatic carbocycles. The molecule has 1 N–H and O–H groups in total. The van der Waals surface area contributed by atoms with E-state index in [0.717, 1.165) is 17.0 Å². The Morgan fingerprint density at radius 3 is 2.82 bits per heavy atom. The van der Waals surface area contributed by atoms with E-state index in [1.807, 2.05) is 19.9 Å². The number of nitrogens with one attached hydrogen (secondary N) is 1. The molecule has 1 heterocycles. The Morgan fingerprint density at radius 1 is 1.64 bits per heavy atom.